The topological polar surface area (TPSA) is 26.3 Å². The molecule has 0 aromatic heterocycles. The van der Waals surface area contributed by atoms with Crippen molar-refractivity contribution >= 4 is 29.5 Å². The van der Waals surface area contributed by atoms with Crippen molar-refractivity contribution in [2.45, 2.75) is 6.42 Å². The molecule has 80 valence electrons. The smallest absolute Gasteiger partial charge is 0.125 e. The van der Waals surface area contributed by atoms with Crippen molar-refractivity contribution in [1.82, 2.24) is 0 Å². The molecular weight excluding hydrogens is 235 g/mol. The predicted octanol–water partition coefficient (Wildman–Crippen LogP) is 3.30. The van der Waals surface area contributed by atoms with E-state index in [1.165, 1.54) is 6.07 Å². The third-order valence-corrected chi connectivity index (χ3v) is 2.54. The summed E-state index contributed by atoms with van der Waals surface area (Å²) in [4.78, 5) is 10.5. The highest BCUT2D eigenvalue weighted by molar-refractivity contribution is 6.42. The number of hydrogen-bond acceptors (Lipinski definition) is 2. The van der Waals surface area contributed by atoms with Crippen LogP contribution >= 0.6 is 23.2 Å². The van der Waals surface area contributed by atoms with Crippen LogP contribution in [0.4, 0.5) is 0 Å². The lowest BCUT2D eigenvalue weighted by Crippen LogP contribution is -1.99. The van der Waals surface area contributed by atoms with Crippen LogP contribution in [0, 0.1) is 0 Å². The molecule has 1 aromatic carbocycles. The fourth-order valence-electron chi connectivity index (χ4n) is 1.07. The molecule has 0 amide bonds. The third-order valence-electron chi connectivity index (χ3n) is 1.73. The summed E-state index contributed by atoms with van der Waals surface area (Å²) in [6, 6.07) is 1.51. The molecule has 0 fully saturated rings. The van der Waals surface area contributed by atoms with Crippen molar-refractivity contribution in [2.24, 2.45) is 0 Å². The summed E-state index contributed by atoms with van der Waals surface area (Å²) in [7, 11) is 0. The largest absolute Gasteiger partial charge is 0.489 e. The summed E-state index contributed by atoms with van der Waals surface area (Å²) in [5.74, 6) is 0.395. The van der Waals surface area contributed by atoms with Crippen LogP contribution < -0.4 is 4.74 Å². The number of carbonyl (C=O) groups is 1. The zero-order valence-electron chi connectivity index (χ0n) is 8.93. The molecule has 4 heteroatoms. The van der Waals surface area contributed by atoms with Crippen molar-refractivity contribution in [3.8, 4) is 5.75 Å². The van der Waals surface area contributed by atoms with Crippen LogP contribution in [0.2, 0.25) is 10.0 Å². The van der Waals surface area contributed by atoms with Gasteiger partial charge in [0.1, 0.15) is 18.6 Å². The predicted molar refractivity (Wildman–Crippen MR) is 61.9 cm³/mol. The molecule has 0 spiro atoms. The molecule has 0 unspecified atom stereocenters. The van der Waals surface area contributed by atoms with Gasteiger partial charge in [-0.3, -0.25) is 0 Å². The van der Waals surface area contributed by atoms with Crippen LogP contribution in [-0.2, 0) is 11.2 Å². The fraction of sp³-hybridized carbons (Fsp3) is 0.182. The number of hydrogen-bond donors (Lipinski definition) is 0. The number of aldehydes is 1. The lowest BCUT2D eigenvalue weighted by Gasteiger charge is -2.10. The zero-order valence-corrected chi connectivity index (χ0v) is 9.44. The Morgan fingerprint density at radius 2 is 2.33 bits per heavy atom. The minimum absolute atomic E-state index is 0.0698. The molecule has 0 bridgehead atoms. The van der Waals surface area contributed by atoms with Gasteiger partial charge in [0.2, 0.25) is 0 Å². The molecule has 1 aromatic rings. The van der Waals surface area contributed by atoms with Gasteiger partial charge in [0.25, 0.3) is 0 Å². The highest BCUT2D eigenvalue weighted by Crippen LogP contribution is 2.33. The van der Waals surface area contributed by atoms with E-state index in [0.717, 1.165) is 0 Å². The van der Waals surface area contributed by atoms with Crippen LogP contribution in [0.3, 0.4) is 0 Å². The van der Waals surface area contributed by atoms with E-state index < -0.39 is 0 Å². The maximum atomic E-state index is 10.5. The van der Waals surface area contributed by atoms with Gasteiger partial charge < -0.3 is 9.53 Å². The molecule has 0 heterocycles. The van der Waals surface area contributed by atoms with Gasteiger partial charge in [-0.05, 0) is 12.1 Å². The van der Waals surface area contributed by atoms with E-state index >= 15 is 0 Å². The van der Waals surface area contributed by atoms with Gasteiger partial charge in [-0.25, -0.2) is 0 Å². The first-order chi connectivity index (χ1) is 7.61. The molecule has 15 heavy (non-hydrogen) atoms. The number of ether oxygens (including phenoxy) is 1. The van der Waals surface area contributed by atoms with E-state index in [4.69, 9.17) is 29.3 Å². The van der Waals surface area contributed by atoms with E-state index in [1.54, 1.807) is 6.08 Å². The van der Waals surface area contributed by atoms with Crippen LogP contribution in [0.5, 0.6) is 5.75 Å². The first kappa shape index (κ1) is 10.5. The number of rotatable bonds is 5. The van der Waals surface area contributed by atoms with Crippen molar-refractivity contribution in [1.29, 1.82) is 0 Å². The van der Waals surface area contributed by atoms with Gasteiger partial charge in [-0.15, -0.1) is 0 Å². The highest BCUT2D eigenvalue weighted by Gasteiger charge is 2.11. The number of benzene rings is 1. The molecule has 0 radical (unpaired) electrons. The Labute approximate surface area is 99.9 Å². The molecule has 0 saturated carbocycles. The first-order valence-corrected chi connectivity index (χ1v) is 5.02. The minimum atomic E-state index is 0.0698. The van der Waals surface area contributed by atoms with Gasteiger partial charge in [0, 0.05) is 12.0 Å². The van der Waals surface area contributed by atoms with Gasteiger partial charge >= 0.3 is 0 Å². The summed E-state index contributed by atoms with van der Waals surface area (Å²) in [6.45, 7) is 3.79. The molecule has 0 atom stereocenters. The molecule has 1 rings (SSSR count). The summed E-state index contributed by atoms with van der Waals surface area (Å²) in [5.41, 5.74) is 0.500. The molecular formula is C11H10Cl2O2. The van der Waals surface area contributed by atoms with Gasteiger partial charge in [-0.2, -0.15) is 0 Å². The molecule has 0 N–H and O–H groups in total. The summed E-state index contributed by atoms with van der Waals surface area (Å²) in [5, 5.41) is 0.324. The second kappa shape index (κ2) is 5.79. The quantitative estimate of drug-likeness (QED) is 0.588. The van der Waals surface area contributed by atoms with E-state index in [1.807, 2.05) is 0 Å². The zero-order chi connectivity index (χ0) is 12.1. The molecule has 0 aliphatic heterocycles. The lowest BCUT2D eigenvalue weighted by atomic mass is 10.1. The second-order valence-electron chi connectivity index (χ2n) is 2.73. The summed E-state index contributed by atoms with van der Waals surface area (Å²) in [6.07, 6.45) is 2.38. The van der Waals surface area contributed by atoms with Gasteiger partial charge in [-0.1, -0.05) is 35.9 Å². The Bertz CT molecular complexity index is 419. The Balaban J connectivity index is 3.22. The standard InChI is InChI=1S/C11H10Cl2O2/c1-2-7-15-10-4-3-9(12)11(13)8(10)5-6-14/h2-4,6H,1,5,7H2/i3D. The molecule has 0 aliphatic rings. The molecule has 2 nitrogen and oxygen atoms in total. The monoisotopic (exact) mass is 245 g/mol. The van der Waals surface area contributed by atoms with E-state index in [9.17, 15) is 4.79 Å². The minimum Gasteiger partial charge on any atom is -0.489 e. The van der Waals surface area contributed by atoms with E-state index in [0.29, 0.717) is 17.6 Å². The Morgan fingerprint density at radius 1 is 1.60 bits per heavy atom. The van der Waals surface area contributed by atoms with Crippen LogP contribution in [0.25, 0.3) is 0 Å². The Hall–Kier alpha value is -0.990. The Morgan fingerprint density at radius 3 is 2.93 bits per heavy atom. The summed E-state index contributed by atoms with van der Waals surface area (Å²) < 4.78 is 12.9. The number of carbonyl (C=O) groups excluding carboxylic acids is 1. The average Bonchev–Trinajstić information content (AvgIpc) is 2.28. The van der Waals surface area contributed by atoms with Crippen LogP contribution in [0.15, 0.2) is 24.8 Å². The Kier molecular flexibility index (Phi) is 4.06. The van der Waals surface area contributed by atoms with Crippen molar-refractivity contribution in [3.63, 3.8) is 0 Å². The van der Waals surface area contributed by atoms with Crippen molar-refractivity contribution in [3.05, 3.63) is 40.4 Å². The second-order valence-corrected chi connectivity index (χ2v) is 3.49. The van der Waals surface area contributed by atoms with Crippen molar-refractivity contribution < 1.29 is 10.9 Å². The van der Waals surface area contributed by atoms with E-state index in [2.05, 4.69) is 6.58 Å². The first-order valence-electron chi connectivity index (χ1n) is 4.76. The van der Waals surface area contributed by atoms with Gasteiger partial charge in [0.05, 0.1) is 11.4 Å². The lowest BCUT2D eigenvalue weighted by molar-refractivity contribution is -0.107. The van der Waals surface area contributed by atoms with Gasteiger partial charge in [0.15, 0.2) is 0 Å². The van der Waals surface area contributed by atoms with E-state index in [-0.39, 0.29) is 29.1 Å². The third kappa shape index (κ3) is 2.98. The normalized spacial score (nSPS) is 10.7. The fourth-order valence-corrected chi connectivity index (χ4v) is 1.46. The van der Waals surface area contributed by atoms with Crippen LogP contribution in [-0.4, -0.2) is 12.9 Å². The summed E-state index contributed by atoms with van der Waals surface area (Å²) >= 11 is 11.8. The maximum Gasteiger partial charge on any atom is 0.125 e. The highest BCUT2D eigenvalue weighted by atomic mass is 35.5. The maximum absolute atomic E-state index is 10.5. The molecule has 0 saturated heterocycles. The van der Waals surface area contributed by atoms with Crippen molar-refractivity contribution in [2.75, 3.05) is 6.61 Å². The average molecular weight is 246 g/mol. The van der Waals surface area contributed by atoms with Crippen LogP contribution in [0.1, 0.15) is 6.93 Å². The number of halogens is 2. The molecule has 0 aliphatic carbocycles. The SMILES string of the molecule is [2H]c1cc(OCC=C)c(CC=O)c(Cl)c1Cl.